The number of carboxylic acids is 1. The van der Waals surface area contributed by atoms with Gasteiger partial charge >= 0.3 is 12.1 Å². The first-order chi connectivity index (χ1) is 16.0. The summed E-state index contributed by atoms with van der Waals surface area (Å²) in [6.07, 6.45) is 2.40. The van der Waals surface area contributed by atoms with E-state index in [-0.39, 0.29) is 30.3 Å². The summed E-state index contributed by atoms with van der Waals surface area (Å²) in [6.45, 7) is 0.571. The molecule has 1 fully saturated rings. The molecule has 0 aliphatic heterocycles. The molecule has 2 aromatic rings. The normalized spacial score (nSPS) is 19.2. The number of rotatable bonds is 10. The standard InChI is InChI=1S/C25H28N2O5S/c1-33-11-10-22(24(29)30)27-23(28)20-12-15(20)13-26-25(31)32-14-21-18-8-4-2-6-16(18)17-7-3-5-9-19(17)21/h2-9,15,20-22H,10-14H2,1H3,(H,26,31)(H,27,28)(H,29,30)/t15?,20?,22-/m1/s1. The Bertz CT molecular complexity index is 997. The Morgan fingerprint density at radius 1 is 1.09 bits per heavy atom. The highest BCUT2D eigenvalue weighted by Gasteiger charge is 2.44. The van der Waals surface area contributed by atoms with Crippen LogP contribution in [0.4, 0.5) is 4.79 Å². The fourth-order valence-corrected chi connectivity index (χ4v) is 4.90. The fraction of sp³-hybridized carbons (Fsp3) is 0.400. The van der Waals surface area contributed by atoms with Crippen LogP contribution in [0.3, 0.4) is 0 Å². The summed E-state index contributed by atoms with van der Waals surface area (Å²) in [5.74, 6) is -0.893. The molecule has 0 aromatic heterocycles. The van der Waals surface area contributed by atoms with Crippen molar-refractivity contribution in [1.82, 2.24) is 10.6 Å². The Labute approximate surface area is 197 Å². The molecule has 2 unspecified atom stereocenters. The summed E-state index contributed by atoms with van der Waals surface area (Å²) in [6, 6.07) is 15.4. The van der Waals surface area contributed by atoms with Gasteiger partial charge in [-0.3, -0.25) is 4.79 Å². The summed E-state index contributed by atoms with van der Waals surface area (Å²) in [7, 11) is 0. The third kappa shape index (κ3) is 5.33. The van der Waals surface area contributed by atoms with E-state index >= 15 is 0 Å². The lowest BCUT2D eigenvalue weighted by molar-refractivity contribution is -0.142. The van der Waals surface area contributed by atoms with Gasteiger partial charge in [0.25, 0.3) is 0 Å². The Balaban J connectivity index is 1.24. The number of ether oxygens (including phenoxy) is 1. The first kappa shape index (κ1) is 23.2. The predicted molar refractivity (Wildman–Crippen MR) is 127 cm³/mol. The number of benzene rings is 2. The van der Waals surface area contributed by atoms with Crippen molar-refractivity contribution in [2.45, 2.75) is 24.8 Å². The molecule has 2 aliphatic rings. The quantitative estimate of drug-likeness (QED) is 0.493. The first-order valence-corrected chi connectivity index (χ1v) is 12.5. The highest BCUT2D eigenvalue weighted by Crippen LogP contribution is 2.44. The molecule has 0 spiro atoms. The number of hydrogen-bond donors (Lipinski definition) is 3. The molecule has 2 amide bonds. The van der Waals surface area contributed by atoms with E-state index in [1.807, 2.05) is 30.5 Å². The van der Waals surface area contributed by atoms with Crippen molar-refractivity contribution in [3.05, 3.63) is 59.7 Å². The lowest BCUT2D eigenvalue weighted by atomic mass is 9.98. The highest BCUT2D eigenvalue weighted by atomic mass is 32.2. The number of aliphatic carboxylic acids is 1. The zero-order valence-electron chi connectivity index (χ0n) is 18.5. The van der Waals surface area contributed by atoms with Crippen LogP contribution in [-0.2, 0) is 14.3 Å². The molecule has 174 valence electrons. The van der Waals surface area contributed by atoms with Gasteiger partial charge in [-0.2, -0.15) is 11.8 Å². The lowest BCUT2D eigenvalue weighted by Crippen LogP contribution is -2.42. The summed E-state index contributed by atoms with van der Waals surface area (Å²) < 4.78 is 5.52. The number of carbonyl (C=O) groups is 3. The summed E-state index contributed by atoms with van der Waals surface area (Å²) in [5.41, 5.74) is 4.65. The molecule has 7 nitrogen and oxygen atoms in total. The minimum atomic E-state index is -1.02. The van der Waals surface area contributed by atoms with Crippen LogP contribution < -0.4 is 10.6 Å². The number of hydrogen-bond acceptors (Lipinski definition) is 5. The van der Waals surface area contributed by atoms with Gasteiger partial charge in [0.2, 0.25) is 5.91 Å². The van der Waals surface area contributed by atoms with Crippen molar-refractivity contribution in [1.29, 1.82) is 0 Å². The Morgan fingerprint density at radius 3 is 2.33 bits per heavy atom. The summed E-state index contributed by atoms with van der Waals surface area (Å²) in [5, 5.41) is 14.6. The SMILES string of the molecule is CSCC[C@@H](NC(=O)C1CC1CNC(=O)OCC1c2ccccc2-c2ccccc21)C(=O)O. The van der Waals surface area contributed by atoms with E-state index in [0.717, 1.165) is 11.1 Å². The number of carboxylic acid groups (broad SMARTS) is 1. The van der Waals surface area contributed by atoms with E-state index in [9.17, 15) is 19.5 Å². The maximum absolute atomic E-state index is 12.3. The number of carbonyl (C=O) groups excluding carboxylic acids is 2. The number of fused-ring (bicyclic) bond motifs is 3. The molecule has 0 heterocycles. The summed E-state index contributed by atoms with van der Waals surface area (Å²) >= 11 is 1.54. The second kappa shape index (κ2) is 10.3. The van der Waals surface area contributed by atoms with E-state index in [1.54, 1.807) is 11.8 Å². The molecule has 33 heavy (non-hydrogen) atoms. The average Bonchev–Trinajstić information content (AvgIpc) is 3.54. The number of thioether (sulfide) groups is 1. The maximum Gasteiger partial charge on any atom is 0.407 e. The second-order valence-electron chi connectivity index (χ2n) is 8.49. The minimum absolute atomic E-state index is 0.000442. The van der Waals surface area contributed by atoms with Gasteiger partial charge in [-0.15, -0.1) is 0 Å². The zero-order valence-corrected chi connectivity index (χ0v) is 19.3. The predicted octanol–water partition coefficient (Wildman–Crippen LogP) is 3.48. The third-order valence-corrected chi connectivity index (χ3v) is 6.98. The van der Waals surface area contributed by atoms with Crippen molar-refractivity contribution in [3.63, 3.8) is 0 Å². The number of amides is 2. The van der Waals surface area contributed by atoms with Crippen LogP contribution >= 0.6 is 11.8 Å². The Kier molecular flexibility index (Phi) is 7.23. The minimum Gasteiger partial charge on any atom is -0.480 e. The monoisotopic (exact) mass is 468 g/mol. The van der Waals surface area contributed by atoms with E-state index in [1.165, 1.54) is 11.1 Å². The molecule has 2 aromatic carbocycles. The van der Waals surface area contributed by atoms with E-state index in [0.29, 0.717) is 25.1 Å². The third-order valence-electron chi connectivity index (χ3n) is 6.34. The van der Waals surface area contributed by atoms with Gasteiger partial charge in [-0.05, 0) is 53.0 Å². The van der Waals surface area contributed by atoms with Crippen molar-refractivity contribution >= 4 is 29.7 Å². The molecule has 0 radical (unpaired) electrons. The molecular weight excluding hydrogens is 440 g/mol. The smallest absolute Gasteiger partial charge is 0.407 e. The summed E-state index contributed by atoms with van der Waals surface area (Å²) in [4.78, 5) is 36.0. The second-order valence-corrected chi connectivity index (χ2v) is 9.48. The van der Waals surface area contributed by atoms with E-state index in [4.69, 9.17) is 4.74 Å². The molecule has 3 atom stereocenters. The van der Waals surface area contributed by atoms with Crippen molar-refractivity contribution in [3.8, 4) is 11.1 Å². The Hall–Kier alpha value is -3.00. The van der Waals surface area contributed by atoms with Gasteiger partial charge in [0.15, 0.2) is 0 Å². The topological polar surface area (TPSA) is 105 Å². The van der Waals surface area contributed by atoms with E-state index < -0.39 is 18.1 Å². The number of nitrogens with one attached hydrogen (secondary N) is 2. The van der Waals surface area contributed by atoms with Gasteiger partial charge in [0.05, 0.1) is 0 Å². The molecule has 3 N–H and O–H groups in total. The molecule has 0 bridgehead atoms. The Morgan fingerprint density at radius 2 is 1.73 bits per heavy atom. The molecule has 4 rings (SSSR count). The number of alkyl carbamates (subject to hydrolysis) is 1. The largest absolute Gasteiger partial charge is 0.480 e. The first-order valence-electron chi connectivity index (χ1n) is 11.1. The van der Waals surface area contributed by atoms with Gasteiger partial charge in [0.1, 0.15) is 12.6 Å². The molecular formula is C25H28N2O5S. The van der Waals surface area contributed by atoms with Crippen LogP contribution in [-0.4, -0.2) is 54.3 Å². The van der Waals surface area contributed by atoms with Gasteiger partial charge in [-0.25, -0.2) is 9.59 Å². The van der Waals surface area contributed by atoms with Crippen LogP contribution in [0.1, 0.15) is 29.9 Å². The maximum atomic E-state index is 12.3. The highest BCUT2D eigenvalue weighted by molar-refractivity contribution is 7.98. The zero-order chi connectivity index (χ0) is 23.4. The van der Waals surface area contributed by atoms with Crippen LogP contribution in [0, 0.1) is 11.8 Å². The molecule has 1 saturated carbocycles. The average molecular weight is 469 g/mol. The molecule has 8 heteroatoms. The molecule has 2 aliphatic carbocycles. The van der Waals surface area contributed by atoms with Crippen LogP contribution in [0.5, 0.6) is 0 Å². The van der Waals surface area contributed by atoms with Crippen molar-refractivity contribution in [2.24, 2.45) is 11.8 Å². The van der Waals surface area contributed by atoms with Gasteiger partial charge in [-0.1, -0.05) is 48.5 Å². The van der Waals surface area contributed by atoms with Gasteiger partial charge < -0.3 is 20.5 Å². The fourth-order valence-electron chi connectivity index (χ4n) is 4.43. The van der Waals surface area contributed by atoms with Gasteiger partial charge in [0, 0.05) is 18.4 Å². The van der Waals surface area contributed by atoms with Crippen LogP contribution in [0.2, 0.25) is 0 Å². The van der Waals surface area contributed by atoms with Crippen molar-refractivity contribution in [2.75, 3.05) is 25.2 Å². The molecule has 0 saturated heterocycles. The van der Waals surface area contributed by atoms with Crippen molar-refractivity contribution < 1.29 is 24.2 Å². The lowest BCUT2D eigenvalue weighted by Gasteiger charge is -2.15. The van der Waals surface area contributed by atoms with Crippen LogP contribution in [0.25, 0.3) is 11.1 Å². The van der Waals surface area contributed by atoms with Crippen LogP contribution in [0.15, 0.2) is 48.5 Å². The van der Waals surface area contributed by atoms with E-state index in [2.05, 4.69) is 34.9 Å².